The Bertz CT molecular complexity index is 867. The van der Waals surface area contributed by atoms with Crippen LogP contribution in [0.2, 0.25) is 0 Å². The van der Waals surface area contributed by atoms with Crippen molar-refractivity contribution in [3.05, 3.63) is 51.2 Å². The number of hydrogen-bond donors (Lipinski definition) is 3. The van der Waals surface area contributed by atoms with Crippen molar-refractivity contribution in [2.45, 2.75) is 40.0 Å². The number of aromatic hydroxyl groups is 3. The highest BCUT2D eigenvalue weighted by Gasteiger charge is 2.17. The summed E-state index contributed by atoms with van der Waals surface area (Å²) in [6, 6.07) is 3.13. The highest BCUT2D eigenvalue weighted by Crippen LogP contribution is 2.32. The first-order chi connectivity index (χ1) is 11.3. The van der Waals surface area contributed by atoms with E-state index in [1.165, 1.54) is 17.2 Å². The minimum Gasteiger partial charge on any atom is -0.507 e. The molecule has 1 aromatic heterocycles. The molecule has 2 aromatic rings. The minimum atomic E-state index is -0.900. The summed E-state index contributed by atoms with van der Waals surface area (Å²) in [6.45, 7) is 6.14. The van der Waals surface area contributed by atoms with Crippen LogP contribution in [0.15, 0.2) is 44.6 Å². The molecule has 0 aliphatic carbocycles. The Morgan fingerprint density at radius 3 is 2.46 bits per heavy atom. The Morgan fingerprint density at radius 1 is 1.08 bits per heavy atom. The summed E-state index contributed by atoms with van der Waals surface area (Å²) in [5.41, 5.74) is 2.21. The molecular weight excluding hydrogens is 308 g/mol. The second kappa shape index (κ2) is 7.25. The van der Waals surface area contributed by atoms with Crippen LogP contribution >= 0.6 is 0 Å². The Kier molecular flexibility index (Phi) is 5.34. The van der Waals surface area contributed by atoms with Crippen LogP contribution in [-0.2, 0) is 6.42 Å². The van der Waals surface area contributed by atoms with Gasteiger partial charge >= 0.3 is 5.95 Å². The summed E-state index contributed by atoms with van der Waals surface area (Å²) >= 11 is 0. The number of rotatable bonds is 5. The first kappa shape index (κ1) is 17.7. The molecule has 0 bridgehead atoms. The van der Waals surface area contributed by atoms with Gasteiger partial charge in [-0.1, -0.05) is 29.4 Å². The van der Waals surface area contributed by atoms with Gasteiger partial charge in [0.15, 0.2) is 0 Å². The topological polar surface area (TPSA) is 90.9 Å². The zero-order chi connectivity index (χ0) is 17.9. The fourth-order valence-electron chi connectivity index (χ4n) is 2.43. The van der Waals surface area contributed by atoms with Crippen LogP contribution in [0.3, 0.4) is 0 Å². The van der Waals surface area contributed by atoms with E-state index in [0.717, 1.165) is 12.8 Å². The third-order valence-electron chi connectivity index (χ3n) is 3.84. The second-order valence-corrected chi connectivity index (χ2v) is 6.11. The molecule has 2 rings (SSSR count). The molecule has 0 atom stereocenters. The Morgan fingerprint density at radius 2 is 1.79 bits per heavy atom. The number of benzene rings is 1. The predicted molar refractivity (Wildman–Crippen MR) is 93.6 cm³/mol. The highest BCUT2D eigenvalue weighted by atomic mass is 16.5. The van der Waals surface area contributed by atoms with E-state index in [1.54, 1.807) is 6.07 Å². The van der Waals surface area contributed by atoms with E-state index >= 15 is 0 Å². The third-order valence-corrected chi connectivity index (χ3v) is 3.84. The fraction of sp³-hybridized carbons (Fsp3) is 0.316. The first-order valence-corrected chi connectivity index (χ1v) is 7.79. The molecule has 0 spiro atoms. The summed E-state index contributed by atoms with van der Waals surface area (Å²) in [4.78, 5) is 12.0. The molecule has 0 unspecified atom stereocenters. The van der Waals surface area contributed by atoms with E-state index in [0.29, 0.717) is 12.0 Å². The van der Waals surface area contributed by atoms with Gasteiger partial charge in [-0.3, -0.25) is 4.79 Å². The maximum atomic E-state index is 12.0. The molecule has 24 heavy (non-hydrogen) atoms. The number of hydrogen-bond acceptors (Lipinski definition) is 5. The van der Waals surface area contributed by atoms with E-state index in [4.69, 9.17) is 4.42 Å². The van der Waals surface area contributed by atoms with E-state index in [9.17, 15) is 20.1 Å². The summed E-state index contributed by atoms with van der Waals surface area (Å²) in [7, 11) is 0. The van der Waals surface area contributed by atoms with Crippen LogP contribution in [0.4, 0.5) is 0 Å². The maximum absolute atomic E-state index is 12.0. The molecule has 0 aliphatic rings. The summed E-state index contributed by atoms with van der Waals surface area (Å²) in [5, 5.41) is 29.0. The van der Waals surface area contributed by atoms with Crippen molar-refractivity contribution >= 4 is 11.0 Å². The largest absolute Gasteiger partial charge is 0.507 e. The molecule has 0 saturated heterocycles. The van der Waals surface area contributed by atoms with Crippen LogP contribution in [0, 0.1) is 0 Å². The van der Waals surface area contributed by atoms with Gasteiger partial charge in [0.25, 0.3) is 0 Å². The van der Waals surface area contributed by atoms with E-state index in [2.05, 4.69) is 19.9 Å². The quantitative estimate of drug-likeness (QED) is 0.717. The average molecular weight is 330 g/mol. The molecule has 128 valence electrons. The zero-order valence-corrected chi connectivity index (χ0v) is 14.1. The second-order valence-electron chi connectivity index (χ2n) is 6.11. The summed E-state index contributed by atoms with van der Waals surface area (Å²) in [6.07, 6.45) is 6.53. The van der Waals surface area contributed by atoms with Gasteiger partial charge in [0.1, 0.15) is 16.7 Å². The van der Waals surface area contributed by atoms with Crippen molar-refractivity contribution in [2.24, 2.45) is 0 Å². The first-order valence-electron chi connectivity index (χ1n) is 7.79. The lowest BCUT2D eigenvalue weighted by molar-refractivity contribution is 0.302. The van der Waals surface area contributed by atoms with Gasteiger partial charge in [-0.2, -0.15) is 0 Å². The van der Waals surface area contributed by atoms with E-state index in [1.807, 2.05) is 13.0 Å². The lowest BCUT2D eigenvalue weighted by Gasteiger charge is -2.07. The van der Waals surface area contributed by atoms with Gasteiger partial charge in [-0.05, 0) is 51.7 Å². The van der Waals surface area contributed by atoms with Crippen molar-refractivity contribution in [2.75, 3.05) is 0 Å². The van der Waals surface area contributed by atoms with E-state index < -0.39 is 17.1 Å². The monoisotopic (exact) mass is 330 g/mol. The van der Waals surface area contributed by atoms with Gasteiger partial charge in [-0.15, -0.1) is 0 Å². The number of phenols is 1. The molecule has 5 heteroatoms. The fourth-order valence-corrected chi connectivity index (χ4v) is 2.43. The summed E-state index contributed by atoms with van der Waals surface area (Å²) in [5.74, 6) is -1.98. The Balaban J connectivity index is 2.29. The van der Waals surface area contributed by atoms with Crippen LogP contribution in [0.25, 0.3) is 11.0 Å². The van der Waals surface area contributed by atoms with Gasteiger partial charge in [0, 0.05) is 0 Å². The third kappa shape index (κ3) is 3.79. The van der Waals surface area contributed by atoms with Crippen LogP contribution in [0.1, 0.15) is 39.2 Å². The van der Waals surface area contributed by atoms with Gasteiger partial charge < -0.3 is 19.7 Å². The molecule has 0 radical (unpaired) electrons. The van der Waals surface area contributed by atoms with E-state index in [-0.39, 0.29) is 16.7 Å². The lowest BCUT2D eigenvalue weighted by Crippen LogP contribution is -2.02. The average Bonchev–Trinajstić information content (AvgIpc) is 2.51. The van der Waals surface area contributed by atoms with Crippen LogP contribution in [0.5, 0.6) is 17.4 Å². The lowest BCUT2D eigenvalue weighted by atomic mass is 10.0. The molecular formula is C19H22O5. The standard InChI is InChI=1S/C19H22O5/c1-11(2)5-4-6-12(3)7-8-13-9-10-14-15(16(13)20)17(21)18(22)19(23)24-14/h5,7,9-10,20,22-23H,4,6,8H2,1-3H3/b12-7+. The molecule has 5 nitrogen and oxygen atoms in total. The number of fused-ring (bicyclic) bond motifs is 1. The molecule has 0 amide bonds. The smallest absolute Gasteiger partial charge is 0.330 e. The Hall–Kier alpha value is -2.69. The molecule has 1 heterocycles. The normalized spacial score (nSPS) is 11.7. The van der Waals surface area contributed by atoms with Gasteiger partial charge in [-0.25, -0.2) is 0 Å². The van der Waals surface area contributed by atoms with Gasteiger partial charge in [0.2, 0.25) is 11.2 Å². The number of allylic oxidation sites excluding steroid dienone is 4. The number of phenolic OH excluding ortho intramolecular Hbond substituents is 1. The van der Waals surface area contributed by atoms with Crippen molar-refractivity contribution < 1.29 is 19.7 Å². The van der Waals surface area contributed by atoms with Crippen molar-refractivity contribution in [1.29, 1.82) is 0 Å². The Labute approximate surface area is 140 Å². The van der Waals surface area contributed by atoms with Gasteiger partial charge in [0.05, 0.1) is 0 Å². The molecule has 3 N–H and O–H groups in total. The van der Waals surface area contributed by atoms with Crippen molar-refractivity contribution in [3.63, 3.8) is 0 Å². The van der Waals surface area contributed by atoms with Crippen LogP contribution in [-0.4, -0.2) is 15.3 Å². The zero-order valence-electron chi connectivity index (χ0n) is 14.1. The SMILES string of the molecule is CC(C)=CCC/C(C)=C/Cc1ccc2oc(O)c(O)c(=O)c2c1O. The van der Waals surface area contributed by atoms with Crippen molar-refractivity contribution in [1.82, 2.24) is 0 Å². The predicted octanol–water partition coefficient (Wildman–Crippen LogP) is 4.15. The van der Waals surface area contributed by atoms with Crippen LogP contribution < -0.4 is 5.43 Å². The minimum absolute atomic E-state index is 0.0285. The molecule has 0 saturated carbocycles. The highest BCUT2D eigenvalue weighted by molar-refractivity contribution is 5.86. The molecule has 0 aliphatic heterocycles. The molecule has 0 fully saturated rings. The molecule has 1 aromatic carbocycles. The maximum Gasteiger partial charge on any atom is 0.330 e. The van der Waals surface area contributed by atoms with Crippen molar-refractivity contribution in [3.8, 4) is 17.4 Å². The summed E-state index contributed by atoms with van der Waals surface area (Å²) < 4.78 is 4.93.